The maximum Gasteiger partial charge on any atom is 0.251 e. The molecule has 2 aromatic carbocycles. The van der Waals surface area contributed by atoms with Crippen LogP contribution in [-0.2, 0) is 0 Å². The molecule has 2 aromatic rings. The molecule has 4 heteroatoms. The fraction of sp³-hybridized carbons (Fsp3) is 0.458. The number of carbonyl (C=O) groups excluding carboxylic acids is 1. The molecule has 0 saturated carbocycles. The molecule has 0 aliphatic carbocycles. The summed E-state index contributed by atoms with van der Waals surface area (Å²) in [6.45, 7) is 6.57. The van der Waals surface area contributed by atoms with Crippen LogP contribution in [0.2, 0.25) is 0 Å². The molecule has 1 saturated heterocycles. The molecule has 1 atom stereocenters. The summed E-state index contributed by atoms with van der Waals surface area (Å²) >= 11 is 0. The minimum Gasteiger partial charge on any atom is -0.497 e. The minimum atomic E-state index is -0.0216. The summed E-state index contributed by atoms with van der Waals surface area (Å²) in [5, 5.41) is 3.22. The summed E-state index contributed by atoms with van der Waals surface area (Å²) in [4.78, 5) is 15.3. The standard InChI is InChI=1S/C24H32N2O2/c1-18(2)17-23(19-9-13-22(28-3)14-10-19)25-24(27)20-7-11-21(12-8-20)26-15-5-4-6-16-26/h7-14,18,23H,4-6,15-17H2,1-3H3,(H,25,27). The van der Waals surface area contributed by atoms with Crippen molar-refractivity contribution in [3.8, 4) is 5.75 Å². The minimum absolute atomic E-state index is 0.0137. The number of benzene rings is 2. The van der Waals surface area contributed by atoms with Crippen LogP contribution >= 0.6 is 0 Å². The Morgan fingerprint density at radius 1 is 1.00 bits per heavy atom. The lowest BCUT2D eigenvalue weighted by atomic mass is 9.96. The van der Waals surface area contributed by atoms with E-state index >= 15 is 0 Å². The summed E-state index contributed by atoms with van der Waals surface area (Å²) in [5.41, 5.74) is 3.03. The molecule has 1 heterocycles. The van der Waals surface area contributed by atoms with Gasteiger partial charge in [0.15, 0.2) is 0 Å². The zero-order chi connectivity index (χ0) is 19.9. The van der Waals surface area contributed by atoms with Crippen LogP contribution < -0.4 is 15.0 Å². The highest BCUT2D eigenvalue weighted by Crippen LogP contribution is 2.25. The summed E-state index contributed by atoms with van der Waals surface area (Å²) in [7, 11) is 1.66. The van der Waals surface area contributed by atoms with Crippen LogP contribution in [0.25, 0.3) is 0 Å². The molecule has 1 unspecified atom stereocenters. The average Bonchev–Trinajstić information content (AvgIpc) is 2.74. The van der Waals surface area contributed by atoms with Gasteiger partial charge in [-0.2, -0.15) is 0 Å². The Bertz CT molecular complexity index is 747. The van der Waals surface area contributed by atoms with E-state index in [1.54, 1.807) is 7.11 Å². The van der Waals surface area contributed by atoms with Gasteiger partial charge in [-0.3, -0.25) is 4.79 Å². The van der Waals surface area contributed by atoms with E-state index in [1.807, 2.05) is 36.4 Å². The van der Waals surface area contributed by atoms with E-state index in [2.05, 4.69) is 36.2 Å². The van der Waals surface area contributed by atoms with Crippen LogP contribution in [0.1, 0.15) is 61.5 Å². The van der Waals surface area contributed by atoms with Crippen molar-refractivity contribution < 1.29 is 9.53 Å². The molecule has 1 N–H and O–H groups in total. The fourth-order valence-corrected chi connectivity index (χ4v) is 3.80. The zero-order valence-corrected chi connectivity index (χ0v) is 17.3. The molecule has 0 spiro atoms. The van der Waals surface area contributed by atoms with Crippen molar-refractivity contribution in [2.24, 2.45) is 5.92 Å². The third-order valence-corrected chi connectivity index (χ3v) is 5.38. The van der Waals surface area contributed by atoms with Gasteiger partial charge in [0.1, 0.15) is 5.75 Å². The Balaban J connectivity index is 1.69. The SMILES string of the molecule is COc1ccc(C(CC(C)C)NC(=O)c2ccc(N3CCCCC3)cc2)cc1. The van der Waals surface area contributed by atoms with Crippen LogP contribution in [-0.4, -0.2) is 26.1 Å². The average molecular weight is 381 g/mol. The number of anilines is 1. The van der Waals surface area contributed by atoms with Crippen molar-refractivity contribution in [3.05, 3.63) is 59.7 Å². The third kappa shape index (κ3) is 5.28. The Labute approximate surface area is 168 Å². The number of nitrogens with one attached hydrogen (secondary N) is 1. The summed E-state index contributed by atoms with van der Waals surface area (Å²) in [6, 6.07) is 16.0. The zero-order valence-electron chi connectivity index (χ0n) is 17.3. The van der Waals surface area contributed by atoms with Crippen LogP contribution in [0.15, 0.2) is 48.5 Å². The lowest BCUT2D eigenvalue weighted by molar-refractivity contribution is 0.0932. The number of amides is 1. The first-order valence-corrected chi connectivity index (χ1v) is 10.4. The van der Waals surface area contributed by atoms with Crippen LogP contribution in [0, 0.1) is 5.92 Å². The number of ether oxygens (including phenoxy) is 1. The van der Waals surface area contributed by atoms with Gasteiger partial charge in [-0.05, 0) is 73.6 Å². The maximum atomic E-state index is 12.9. The van der Waals surface area contributed by atoms with Gasteiger partial charge < -0.3 is 15.0 Å². The Kier molecular flexibility index (Phi) is 6.96. The number of rotatable bonds is 7. The molecule has 150 valence electrons. The van der Waals surface area contributed by atoms with E-state index in [0.717, 1.165) is 30.8 Å². The van der Waals surface area contributed by atoms with E-state index in [9.17, 15) is 4.79 Å². The molecule has 0 bridgehead atoms. The Morgan fingerprint density at radius 3 is 2.21 bits per heavy atom. The van der Waals surface area contributed by atoms with Gasteiger partial charge in [0.2, 0.25) is 0 Å². The Morgan fingerprint density at radius 2 is 1.64 bits per heavy atom. The molecular weight excluding hydrogens is 348 g/mol. The van der Waals surface area contributed by atoms with Gasteiger partial charge in [-0.15, -0.1) is 0 Å². The number of piperidine rings is 1. The van der Waals surface area contributed by atoms with Gasteiger partial charge >= 0.3 is 0 Å². The fourth-order valence-electron chi connectivity index (χ4n) is 3.80. The highest BCUT2D eigenvalue weighted by atomic mass is 16.5. The smallest absolute Gasteiger partial charge is 0.251 e. The number of hydrogen-bond donors (Lipinski definition) is 1. The molecule has 1 aliphatic rings. The molecule has 1 amide bonds. The normalized spacial score (nSPS) is 15.4. The second-order valence-electron chi connectivity index (χ2n) is 8.02. The van der Waals surface area contributed by atoms with Crippen molar-refractivity contribution in [3.63, 3.8) is 0 Å². The highest BCUT2D eigenvalue weighted by Gasteiger charge is 2.18. The van der Waals surface area contributed by atoms with E-state index in [-0.39, 0.29) is 11.9 Å². The lowest BCUT2D eigenvalue weighted by Gasteiger charge is -2.29. The van der Waals surface area contributed by atoms with Gasteiger partial charge in [-0.1, -0.05) is 26.0 Å². The summed E-state index contributed by atoms with van der Waals surface area (Å²) in [5.74, 6) is 1.28. The van der Waals surface area contributed by atoms with Crippen molar-refractivity contribution in [2.75, 3.05) is 25.1 Å². The predicted molar refractivity (Wildman–Crippen MR) is 115 cm³/mol. The number of carbonyl (C=O) groups is 1. The first kappa shape index (κ1) is 20.2. The first-order chi connectivity index (χ1) is 13.6. The number of nitrogens with zero attached hydrogens (tertiary/aromatic N) is 1. The molecule has 28 heavy (non-hydrogen) atoms. The maximum absolute atomic E-state index is 12.9. The largest absolute Gasteiger partial charge is 0.497 e. The van der Waals surface area contributed by atoms with E-state index in [1.165, 1.54) is 24.9 Å². The molecule has 4 nitrogen and oxygen atoms in total. The van der Waals surface area contributed by atoms with Crippen molar-refractivity contribution in [2.45, 2.75) is 45.6 Å². The number of hydrogen-bond acceptors (Lipinski definition) is 3. The quantitative estimate of drug-likeness (QED) is 0.717. The van der Waals surface area contributed by atoms with Gasteiger partial charge in [0, 0.05) is 24.3 Å². The van der Waals surface area contributed by atoms with E-state index < -0.39 is 0 Å². The Hall–Kier alpha value is -2.49. The second-order valence-corrected chi connectivity index (χ2v) is 8.02. The lowest BCUT2D eigenvalue weighted by Crippen LogP contribution is -2.30. The van der Waals surface area contributed by atoms with Crippen LogP contribution in [0.5, 0.6) is 5.75 Å². The van der Waals surface area contributed by atoms with Crippen LogP contribution in [0.4, 0.5) is 5.69 Å². The molecule has 0 aromatic heterocycles. The first-order valence-electron chi connectivity index (χ1n) is 10.4. The summed E-state index contributed by atoms with van der Waals surface area (Å²) in [6.07, 6.45) is 4.71. The van der Waals surface area contributed by atoms with Gasteiger partial charge in [0.25, 0.3) is 5.91 Å². The third-order valence-electron chi connectivity index (χ3n) is 5.38. The molecule has 1 aliphatic heterocycles. The topological polar surface area (TPSA) is 41.6 Å². The van der Waals surface area contributed by atoms with Crippen LogP contribution in [0.3, 0.4) is 0 Å². The molecule has 3 rings (SSSR count). The molecule has 1 fully saturated rings. The molecule has 0 radical (unpaired) electrons. The van der Waals surface area contributed by atoms with Gasteiger partial charge in [0.05, 0.1) is 13.2 Å². The summed E-state index contributed by atoms with van der Waals surface area (Å²) < 4.78 is 5.25. The second kappa shape index (κ2) is 9.63. The van der Waals surface area contributed by atoms with E-state index in [0.29, 0.717) is 11.5 Å². The van der Waals surface area contributed by atoms with Crippen molar-refractivity contribution in [1.82, 2.24) is 5.32 Å². The molecular formula is C24H32N2O2. The van der Waals surface area contributed by atoms with Crippen molar-refractivity contribution in [1.29, 1.82) is 0 Å². The van der Waals surface area contributed by atoms with Gasteiger partial charge in [-0.25, -0.2) is 0 Å². The van der Waals surface area contributed by atoms with E-state index in [4.69, 9.17) is 4.74 Å². The monoisotopic (exact) mass is 380 g/mol. The highest BCUT2D eigenvalue weighted by molar-refractivity contribution is 5.94. The number of methoxy groups -OCH3 is 1. The predicted octanol–water partition coefficient (Wildman–Crippen LogP) is 5.20. The van der Waals surface area contributed by atoms with Crippen molar-refractivity contribution >= 4 is 11.6 Å².